The van der Waals surface area contributed by atoms with E-state index in [0.717, 1.165) is 11.1 Å². The zero-order valence-electron chi connectivity index (χ0n) is 11.4. The van der Waals surface area contributed by atoms with Gasteiger partial charge >= 0.3 is 0 Å². The van der Waals surface area contributed by atoms with Gasteiger partial charge in [0.05, 0.1) is 0 Å². The van der Waals surface area contributed by atoms with Crippen molar-refractivity contribution in [3.8, 4) is 0 Å². The molecule has 0 heterocycles. The first-order valence-electron chi connectivity index (χ1n) is 6.93. The summed E-state index contributed by atoms with van der Waals surface area (Å²) in [4.78, 5) is 12.0. The van der Waals surface area contributed by atoms with Gasteiger partial charge in [-0.1, -0.05) is 24.3 Å². The lowest BCUT2D eigenvalue weighted by Gasteiger charge is -2.27. The van der Waals surface area contributed by atoms with Gasteiger partial charge in [-0.25, -0.2) is 8.78 Å². The largest absolute Gasteiger partial charge is 0.352 e. The first-order valence-corrected chi connectivity index (χ1v) is 6.93. The fourth-order valence-electron chi connectivity index (χ4n) is 2.50. The second-order valence-corrected chi connectivity index (χ2v) is 5.37. The van der Waals surface area contributed by atoms with Crippen molar-refractivity contribution in [2.24, 2.45) is 11.7 Å². The van der Waals surface area contributed by atoms with Gasteiger partial charge in [0.25, 0.3) is 0 Å². The minimum atomic E-state index is -2.59. The average molecular weight is 282 g/mol. The summed E-state index contributed by atoms with van der Waals surface area (Å²) >= 11 is 0. The third kappa shape index (κ3) is 4.00. The minimum Gasteiger partial charge on any atom is -0.352 e. The highest BCUT2D eigenvalue weighted by molar-refractivity contribution is 5.78. The molecular formula is C15H20F2N2O. The predicted molar refractivity (Wildman–Crippen MR) is 73.1 cm³/mol. The van der Waals surface area contributed by atoms with E-state index >= 15 is 0 Å². The summed E-state index contributed by atoms with van der Waals surface area (Å²) in [5.74, 6) is -3.00. The molecule has 3 N–H and O–H groups in total. The molecule has 0 aliphatic heterocycles. The number of carbonyl (C=O) groups is 1. The summed E-state index contributed by atoms with van der Waals surface area (Å²) in [6, 6.07) is 7.67. The maximum absolute atomic E-state index is 13.0. The van der Waals surface area contributed by atoms with Crippen LogP contribution < -0.4 is 11.1 Å². The highest BCUT2D eigenvalue weighted by atomic mass is 19.3. The number of alkyl halides is 2. The molecule has 1 amide bonds. The Morgan fingerprint density at radius 1 is 1.30 bits per heavy atom. The number of nitrogens with two attached hydrogens (primary N) is 1. The Morgan fingerprint density at radius 3 is 2.60 bits per heavy atom. The Kier molecular flexibility index (Phi) is 4.70. The number of carbonyl (C=O) groups excluding carboxylic acids is 1. The predicted octanol–water partition coefficient (Wildman–Crippen LogP) is 2.59. The smallest absolute Gasteiger partial charge is 0.248 e. The normalized spacial score (nSPS) is 18.8. The first-order chi connectivity index (χ1) is 9.50. The molecule has 0 radical (unpaired) electrons. The van der Waals surface area contributed by atoms with Gasteiger partial charge in [0, 0.05) is 31.8 Å². The summed E-state index contributed by atoms with van der Waals surface area (Å²) in [6.45, 7) is 0.874. The monoisotopic (exact) mass is 282 g/mol. The van der Waals surface area contributed by atoms with E-state index in [0.29, 0.717) is 13.1 Å². The van der Waals surface area contributed by atoms with Gasteiger partial charge in [-0.2, -0.15) is 0 Å². The van der Waals surface area contributed by atoms with Gasteiger partial charge in [0.2, 0.25) is 11.8 Å². The van der Waals surface area contributed by atoms with Crippen LogP contribution in [0.4, 0.5) is 8.78 Å². The molecule has 0 bridgehead atoms. The van der Waals surface area contributed by atoms with Crippen LogP contribution in [0.25, 0.3) is 0 Å². The summed E-state index contributed by atoms with van der Waals surface area (Å²) in [5, 5.41) is 2.82. The van der Waals surface area contributed by atoms with Crippen molar-refractivity contribution in [3.63, 3.8) is 0 Å². The van der Waals surface area contributed by atoms with E-state index in [2.05, 4.69) is 5.32 Å². The number of amides is 1. The van der Waals surface area contributed by atoms with Crippen LogP contribution in [-0.2, 0) is 17.9 Å². The Labute approximate surface area is 117 Å². The Balaban J connectivity index is 1.83. The molecular weight excluding hydrogens is 262 g/mol. The summed E-state index contributed by atoms with van der Waals surface area (Å²) in [6.07, 6.45) is 0.158. The third-order valence-electron chi connectivity index (χ3n) is 3.78. The summed E-state index contributed by atoms with van der Waals surface area (Å²) < 4.78 is 26.1. The number of rotatable bonds is 4. The van der Waals surface area contributed by atoms with Gasteiger partial charge < -0.3 is 11.1 Å². The molecule has 3 nitrogen and oxygen atoms in total. The van der Waals surface area contributed by atoms with Crippen molar-refractivity contribution in [1.29, 1.82) is 0 Å². The van der Waals surface area contributed by atoms with Crippen molar-refractivity contribution in [3.05, 3.63) is 35.4 Å². The van der Waals surface area contributed by atoms with E-state index in [1.807, 2.05) is 24.3 Å². The van der Waals surface area contributed by atoms with Crippen LogP contribution in [0, 0.1) is 5.92 Å². The van der Waals surface area contributed by atoms with E-state index in [9.17, 15) is 13.6 Å². The molecule has 2 rings (SSSR count). The molecule has 1 saturated carbocycles. The molecule has 1 aliphatic carbocycles. The second kappa shape index (κ2) is 6.31. The SMILES string of the molecule is NCc1cccc(CNC(=O)C2CCC(F)(F)CC2)c1. The molecule has 1 fully saturated rings. The topological polar surface area (TPSA) is 55.1 Å². The number of benzene rings is 1. The number of nitrogens with one attached hydrogen (secondary N) is 1. The van der Waals surface area contributed by atoms with Crippen molar-refractivity contribution in [2.75, 3.05) is 0 Å². The number of halogens is 2. The lowest BCUT2D eigenvalue weighted by Crippen LogP contribution is -2.35. The molecule has 0 unspecified atom stereocenters. The van der Waals surface area contributed by atoms with E-state index in [1.54, 1.807) is 0 Å². The summed E-state index contributed by atoms with van der Waals surface area (Å²) in [7, 11) is 0. The molecule has 110 valence electrons. The van der Waals surface area contributed by atoms with Gasteiger partial charge in [-0.05, 0) is 24.0 Å². The van der Waals surface area contributed by atoms with Crippen molar-refractivity contribution >= 4 is 5.91 Å². The van der Waals surface area contributed by atoms with Gasteiger partial charge in [-0.3, -0.25) is 4.79 Å². The third-order valence-corrected chi connectivity index (χ3v) is 3.78. The van der Waals surface area contributed by atoms with E-state index < -0.39 is 5.92 Å². The zero-order chi connectivity index (χ0) is 14.6. The lowest BCUT2D eigenvalue weighted by atomic mass is 9.86. The van der Waals surface area contributed by atoms with Crippen LogP contribution in [0.3, 0.4) is 0 Å². The fourth-order valence-corrected chi connectivity index (χ4v) is 2.50. The summed E-state index contributed by atoms with van der Waals surface area (Å²) in [5.41, 5.74) is 7.54. The van der Waals surface area contributed by atoms with E-state index in [-0.39, 0.29) is 37.5 Å². The van der Waals surface area contributed by atoms with Crippen LogP contribution in [0.5, 0.6) is 0 Å². The average Bonchev–Trinajstić information content (AvgIpc) is 2.45. The van der Waals surface area contributed by atoms with E-state index in [4.69, 9.17) is 5.73 Å². The van der Waals surface area contributed by atoms with Crippen LogP contribution in [-0.4, -0.2) is 11.8 Å². The maximum atomic E-state index is 13.0. The van der Waals surface area contributed by atoms with Crippen LogP contribution >= 0.6 is 0 Å². The minimum absolute atomic E-state index is 0.126. The first kappa shape index (κ1) is 14.9. The molecule has 0 saturated heterocycles. The number of hydrogen-bond donors (Lipinski definition) is 2. The lowest BCUT2D eigenvalue weighted by molar-refractivity contribution is -0.129. The van der Waals surface area contributed by atoms with Crippen molar-refractivity contribution in [1.82, 2.24) is 5.32 Å². The van der Waals surface area contributed by atoms with Gasteiger partial charge in [0.1, 0.15) is 0 Å². The molecule has 5 heteroatoms. The molecule has 1 aliphatic rings. The molecule has 1 aromatic rings. The Hall–Kier alpha value is -1.49. The van der Waals surface area contributed by atoms with Crippen LogP contribution in [0.1, 0.15) is 36.8 Å². The standard InChI is InChI=1S/C15H20F2N2O/c16-15(17)6-4-13(5-7-15)14(20)19-10-12-3-1-2-11(8-12)9-18/h1-3,8,13H,4-7,9-10,18H2,(H,19,20). The van der Waals surface area contributed by atoms with Crippen LogP contribution in [0.15, 0.2) is 24.3 Å². The fraction of sp³-hybridized carbons (Fsp3) is 0.533. The zero-order valence-corrected chi connectivity index (χ0v) is 11.4. The number of hydrogen-bond acceptors (Lipinski definition) is 2. The highest BCUT2D eigenvalue weighted by Crippen LogP contribution is 2.36. The van der Waals surface area contributed by atoms with Crippen molar-refractivity contribution in [2.45, 2.75) is 44.7 Å². The molecule has 20 heavy (non-hydrogen) atoms. The second-order valence-electron chi connectivity index (χ2n) is 5.37. The van der Waals surface area contributed by atoms with Gasteiger partial charge in [-0.15, -0.1) is 0 Å². The maximum Gasteiger partial charge on any atom is 0.248 e. The molecule has 0 spiro atoms. The van der Waals surface area contributed by atoms with Crippen molar-refractivity contribution < 1.29 is 13.6 Å². The van der Waals surface area contributed by atoms with Gasteiger partial charge in [0.15, 0.2) is 0 Å². The quantitative estimate of drug-likeness (QED) is 0.892. The van der Waals surface area contributed by atoms with Crippen LogP contribution in [0.2, 0.25) is 0 Å². The molecule has 1 aromatic carbocycles. The van der Waals surface area contributed by atoms with E-state index in [1.165, 1.54) is 0 Å². The molecule has 0 atom stereocenters. The Bertz CT molecular complexity index is 467. The highest BCUT2D eigenvalue weighted by Gasteiger charge is 2.37. The molecule has 0 aromatic heterocycles. The Morgan fingerprint density at radius 2 is 1.95 bits per heavy atom.